The van der Waals surface area contributed by atoms with Crippen molar-refractivity contribution >= 4 is 23.2 Å². The van der Waals surface area contributed by atoms with Crippen molar-refractivity contribution in [1.29, 1.82) is 0 Å². The maximum absolute atomic E-state index is 12.9. The summed E-state index contributed by atoms with van der Waals surface area (Å²) in [6.07, 6.45) is 12.4. The van der Waals surface area contributed by atoms with Crippen LogP contribution in [0.3, 0.4) is 0 Å². The van der Waals surface area contributed by atoms with Gasteiger partial charge in [0.05, 0.1) is 5.02 Å². The van der Waals surface area contributed by atoms with E-state index in [-0.39, 0.29) is 11.7 Å². The van der Waals surface area contributed by atoms with Gasteiger partial charge in [-0.25, -0.2) is 0 Å². The van der Waals surface area contributed by atoms with Gasteiger partial charge in [0.25, 0.3) is 5.91 Å². The van der Waals surface area contributed by atoms with E-state index >= 15 is 0 Å². The van der Waals surface area contributed by atoms with Crippen molar-refractivity contribution in [1.82, 2.24) is 0 Å². The number of amides is 1. The number of halogens is 1. The molecule has 0 fully saturated rings. The summed E-state index contributed by atoms with van der Waals surface area (Å²) in [6, 6.07) is 13.6. The van der Waals surface area contributed by atoms with Gasteiger partial charge in [0.2, 0.25) is 0 Å². The van der Waals surface area contributed by atoms with Crippen molar-refractivity contribution in [2.75, 3.05) is 5.32 Å². The number of rotatable bonds is 15. The summed E-state index contributed by atoms with van der Waals surface area (Å²) in [7, 11) is 0. The quantitative estimate of drug-likeness (QED) is 0.217. The minimum Gasteiger partial charge on any atom is -0.508 e. The first-order valence-corrected chi connectivity index (χ1v) is 12.0. The molecule has 0 aromatic heterocycles. The minimum atomic E-state index is -0.622. The molecule has 0 aliphatic heterocycles. The van der Waals surface area contributed by atoms with Crippen LogP contribution in [0.25, 0.3) is 0 Å². The molecule has 31 heavy (non-hydrogen) atoms. The highest BCUT2D eigenvalue weighted by Gasteiger charge is 2.21. The Morgan fingerprint density at radius 3 is 2.10 bits per heavy atom. The third-order valence-electron chi connectivity index (χ3n) is 5.35. The van der Waals surface area contributed by atoms with Gasteiger partial charge >= 0.3 is 0 Å². The highest BCUT2D eigenvalue weighted by molar-refractivity contribution is 6.32. The third-order valence-corrected chi connectivity index (χ3v) is 5.67. The molecule has 2 aromatic carbocycles. The predicted molar refractivity (Wildman–Crippen MR) is 129 cm³/mol. The Balaban J connectivity index is 1.81. The molecule has 0 spiro atoms. The summed E-state index contributed by atoms with van der Waals surface area (Å²) >= 11 is 6.23. The highest BCUT2D eigenvalue weighted by Crippen LogP contribution is 2.26. The van der Waals surface area contributed by atoms with E-state index in [4.69, 9.17) is 16.3 Å². The lowest BCUT2D eigenvalue weighted by Gasteiger charge is -2.19. The molecule has 0 bridgehead atoms. The van der Waals surface area contributed by atoms with Crippen molar-refractivity contribution in [3.8, 4) is 11.5 Å². The molecular formula is C26H36ClNO3. The van der Waals surface area contributed by atoms with Crippen molar-refractivity contribution in [3.63, 3.8) is 0 Å². The average Bonchev–Trinajstić information content (AvgIpc) is 2.77. The van der Waals surface area contributed by atoms with Gasteiger partial charge in [-0.1, -0.05) is 88.4 Å². The van der Waals surface area contributed by atoms with Crippen LogP contribution in [0.1, 0.15) is 77.6 Å². The number of aromatic hydroxyl groups is 1. The number of hydrogen-bond donors (Lipinski definition) is 2. The van der Waals surface area contributed by atoms with E-state index in [1.54, 1.807) is 36.4 Å². The van der Waals surface area contributed by atoms with Crippen LogP contribution in [0, 0.1) is 0 Å². The topological polar surface area (TPSA) is 58.6 Å². The normalized spacial score (nSPS) is 11.8. The van der Waals surface area contributed by atoms with Gasteiger partial charge in [-0.3, -0.25) is 4.79 Å². The molecule has 0 heterocycles. The van der Waals surface area contributed by atoms with Gasteiger partial charge in [0.1, 0.15) is 11.5 Å². The second kappa shape index (κ2) is 14.7. The van der Waals surface area contributed by atoms with Crippen molar-refractivity contribution in [3.05, 3.63) is 53.6 Å². The SMILES string of the molecule is CCCCCCCCCCCCC(Oc1ccccc1Cl)C(=O)Nc1ccc(O)cc1. The number of phenolic OH excluding ortho intramolecular Hbond substituents is 1. The van der Waals surface area contributed by atoms with E-state index in [0.717, 1.165) is 12.8 Å². The predicted octanol–water partition coefficient (Wildman–Crippen LogP) is 7.74. The minimum absolute atomic E-state index is 0.159. The van der Waals surface area contributed by atoms with Crippen molar-refractivity contribution < 1.29 is 14.6 Å². The number of carbonyl (C=O) groups is 1. The first-order chi connectivity index (χ1) is 15.1. The lowest BCUT2D eigenvalue weighted by molar-refractivity contribution is -0.123. The number of unbranched alkanes of at least 4 members (excludes halogenated alkanes) is 9. The van der Waals surface area contributed by atoms with Crippen LogP contribution in [0.5, 0.6) is 11.5 Å². The van der Waals surface area contributed by atoms with E-state index in [0.29, 0.717) is 22.9 Å². The molecule has 0 aliphatic rings. The van der Waals surface area contributed by atoms with Gasteiger partial charge in [-0.15, -0.1) is 0 Å². The number of hydrogen-bond acceptors (Lipinski definition) is 3. The molecular weight excluding hydrogens is 410 g/mol. The van der Waals surface area contributed by atoms with Gasteiger partial charge in [0, 0.05) is 5.69 Å². The zero-order valence-electron chi connectivity index (χ0n) is 18.6. The summed E-state index contributed by atoms with van der Waals surface area (Å²) in [5, 5.41) is 12.8. The van der Waals surface area contributed by atoms with E-state index < -0.39 is 6.10 Å². The van der Waals surface area contributed by atoms with Crippen LogP contribution in [0.2, 0.25) is 5.02 Å². The second-order valence-electron chi connectivity index (χ2n) is 8.04. The number of ether oxygens (including phenoxy) is 1. The molecule has 0 saturated heterocycles. The van der Waals surface area contributed by atoms with Crippen LogP contribution >= 0.6 is 11.6 Å². The Labute approximate surface area is 192 Å². The molecule has 2 rings (SSSR count). The van der Waals surface area contributed by atoms with Gasteiger partial charge in [-0.2, -0.15) is 0 Å². The number of para-hydroxylation sites is 1. The summed E-state index contributed by atoms with van der Waals surface area (Å²) in [5.41, 5.74) is 0.624. The van der Waals surface area contributed by atoms with Crippen LogP contribution in [0.15, 0.2) is 48.5 Å². The number of anilines is 1. The Morgan fingerprint density at radius 2 is 1.48 bits per heavy atom. The highest BCUT2D eigenvalue weighted by atomic mass is 35.5. The number of nitrogens with one attached hydrogen (secondary N) is 1. The standard InChI is InChI=1S/C26H36ClNO3/c1-2-3-4-5-6-7-8-9-10-11-16-25(31-24-15-13-12-14-23(24)27)26(30)28-21-17-19-22(29)20-18-21/h12-15,17-20,25,29H,2-11,16H2,1H3,(H,28,30). The summed E-state index contributed by atoms with van der Waals surface area (Å²) in [5.74, 6) is 0.468. The largest absolute Gasteiger partial charge is 0.508 e. The third kappa shape index (κ3) is 10.1. The molecule has 2 N–H and O–H groups in total. The fraction of sp³-hybridized carbons (Fsp3) is 0.500. The first kappa shape index (κ1) is 25.1. The van der Waals surface area contributed by atoms with Gasteiger partial charge < -0.3 is 15.2 Å². The molecule has 5 heteroatoms. The van der Waals surface area contributed by atoms with Crippen LogP contribution in [0.4, 0.5) is 5.69 Å². The zero-order chi connectivity index (χ0) is 22.3. The number of phenols is 1. The fourth-order valence-electron chi connectivity index (χ4n) is 3.52. The molecule has 4 nitrogen and oxygen atoms in total. The molecule has 170 valence electrons. The monoisotopic (exact) mass is 445 g/mol. The molecule has 0 radical (unpaired) electrons. The summed E-state index contributed by atoms with van der Waals surface area (Å²) in [4.78, 5) is 12.9. The van der Waals surface area contributed by atoms with E-state index in [1.807, 2.05) is 12.1 Å². The maximum atomic E-state index is 12.9. The van der Waals surface area contributed by atoms with Crippen LogP contribution < -0.4 is 10.1 Å². The molecule has 1 atom stereocenters. The smallest absolute Gasteiger partial charge is 0.265 e. The van der Waals surface area contributed by atoms with E-state index in [1.165, 1.54) is 51.4 Å². The summed E-state index contributed by atoms with van der Waals surface area (Å²) in [6.45, 7) is 2.24. The van der Waals surface area contributed by atoms with Crippen molar-refractivity contribution in [2.45, 2.75) is 83.7 Å². The number of carbonyl (C=O) groups excluding carboxylic acids is 1. The Morgan fingerprint density at radius 1 is 0.903 bits per heavy atom. The Hall–Kier alpha value is -2.20. The summed E-state index contributed by atoms with van der Waals surface area (Å²) < 4.78 is 5.99. The zero-order valence-corrected chi connectivity index (χ0v) is 19.4. The van der Waals surface area contributed by atoms with Crippen molar-refractivity contribution in [2.24, 2.45) is 0 Å². The van der Waals surface area contributed by atoms with Gasteiger partial charge in [0.15, 0.2) is 6.10 Å². The molecule has 1 unspecified atom stereocenters. The molecule has 1 amide bonds. The van der Waals surface area contributed by atoms with E-state index in [9.17, 15) is 9.90 Å². The molecule has 0 saturated carbocycles. The lowest BCUT2D eigenvalue weighted by atomic mass is 10.0. The molecule has 0 aliphatic carbocycles. The average molecular weight is 446 g/mol. The first-order valence-electron chi connectivity index (χ1n) is 11.6. The van der Waals surface area contributed by atoms with Crippen LogP contribution in [-0.2, 0) is 4.79 Å². The maximum Gasteiger partial charge on any atom is 0.265 e. The number of benzene rings is 2. The fourth-order valence-corrected chi connectivity index (χ4v) is 3.70. The van der Waals surface area contributed by atoms with Gasteiger partial charge in [-0.05, 0) is 49.2 Å². The molecule has 2 aromatic rings. The Bertz CT molecular complexity index is 764. The van der Waals surface area contributed by atoms with Crippen LogP contribution in [-0.4, -0.2) is 17.1 Å². The Kier molecular flexibility index (Phi) is 11.9. The second-order valence-corrected chi connectivity index (χ2v) is 8.45. The van der Waals surface area contributed by atoms with E-state index in [2.05, 4.69) is 12.2 Å². The lowest BCUT2D eigenvalue weighted by Crippen LogP contribution is -2.33.